The van der Waals surface area contributed by atoms with Gasteiger partial charge in [0, 0.05) is 26.1 Å². The summed E-state index contributed by atoms with van der Waals surface area (Å²) in [5.74, 6) is 3.71. The van der Waals surface area contributed by atoms with Crippen LogP contribution in [-0.2, 0) is 6.42 Å². The van der Waals surface area contributed by atoms with E-state index in [1.54, 1.807) is 0 Å². The van der Waals surface area contributed by atoms with E-state index in [4.69, 9.17) is 0 Å². The highest BCUT2D eigenvalue weighted by molar-refractivity contribution is 9.10. The monoisotopic (exact) mass is 297 g/mol. The Kier molecular flexibility index (Phi) is 4.02. The average Bonchev–Trinajstić information content (AvgIpc) is 2.93. The first-order chi connectivity index (χ1) is 8.10. The zero-order valence-corrected chi connectivity index (χ0v) is 12.4. The summed E-state index contributed by atoms with van der Waals surface area (Å²) in [5, 5.41) is 0. The first kappa shape index (κ1) is 12.8. The van der Waals surface area contributed by atoms with Crippen molar-refractivity contribution < 1.29 is 0 Å². The SMILES string of the molecule is CCCc1nc(Br)cc(N(C)CC2CC2C)n1. The highest BCUT2D eigenvalue weighted by Crippen LogP contribution is 2.38. The van der Waals surface area contributed by atoms with Crippen LogP contribution in [0.15, 0.2) is 10.7 Å². The maximum atomic E-state index is 4.61. The van der Waals surface area contributed by atoms with Crippen molar-refractivity contribution in [2.24, 2.45) is 11.8 Å². The molecule has 1 aromatic rings. The van der Waals surface area contributed by atoms with Crippen LogP contribution in [0.4, 0.5) is 5.82 Å². The summed E-state index contributed by atoms with van der Waals surface area (Å²) in [6.45, 7) is 5.58. The molecule has 1 saturated carbocycles. The molecule has 0 aliphatic heterocycles. The molecular weight excluding hydrogens is 278 g/mol. The molecule has 0 bridgehead atoms. The summed E-state index contributed by atoms with van der Waals surface area (Å²) in [6, 6.07) is 2.01. The smallest absolute Gasteiger partial charge is 0.133 e. The van der Waals surface area contributed by atoms with Crippen LogP contribution in [-0.4, -0.2) is 23.6 Å². The van der Waals surface area contributed by atoms with Gasteiger partial charge in [-0.2, -0.15) is 0 Å². The molecule has 17 heavy (non-hydrogen) atoms. The Labute approximate surface area is 112 Å². The Morgan fingerprint density at radius 2 is 2.18 bits per heavy atom. The number of aromatic nitrogens is 2. The van der Waals surface area contributed by atoms with Gasteiger partial charge in [0.25, 0.3) is 0 Å². The fourth-order valence-electron chi connectivity index (χ4n) is 2.08. The lowest BCUT2D eigenvalue weighted by atomic mass is 10.3. The van der Waals surface area contributed by atoms with Gasteiger partial charge in [0.05, 0.1) is 0 Å². The summed E-state index contributed by atoms with van der Waals surface area (Å²) < 4.78 is 0.890. The van der Waals surface area contributed by atoms with Crippen molar-refractivity contribution in [1.82, 2.24) is 9.97 Å². The van der Waals surface area contributed by atoms with Gasteiger partial charge in [-0.25, -0.2) is 9.97 Å². The van der Waals surface area contributed by atoms with Crippen molar-refractivity contribution in [3.8, 4) is 0 Å². The minimum absolute atomic E-state index is 0.850. The third-order valence-electron chi connectivity index (χ3n) is 3.38. The molecule has 0 aromatic carbocycles. The van der Waals surface area contributed by atoms with Crippen LogP contribution in [0.3, 0.4) is 0 Å². The van der Waals surface area contributed by atoms with Crippen molar-refractivity contribution in [2.45, 2.75) is 33.1 Å². The van der Waals surface area contributed by atoms with E-state index >= 15 is 0 Å². The van der Waals surface area contributed by atoms with Crippen LogP contribution in [0.1, 0.15) is 32.5 Å². The molecule has 1 fully saturated rings. The van der Waals surface area contributed by atoms with Gasteiger partial charge in [-0.05, 0) is 40.6 Å². The summed E-state index contributed by atoms with van der Waals surface area (Å²) in [5.41, 5.74) is 0. The van der Waals surface area contributed by atoms with E-state index < -0.39 is 0 Å². The molecular formula is C13H20BrN3. The van der Waals surface area contributed by atoms with Gasteiger partial charge in [-0.3, -0.25) is 0 Å². The number of hydrogen-bond donors (Lipinski definition) is 0. The molecule has 4 heteroatoms. The normalized spacial score (nSPS) is 22.6. The molecule has 1 heterocycles. The van der Waals surface area contributed by atoms with E-state index in [9.17, 15) is 0 Å². The molecule has 1 aromatic heterocycles. The molecule has 2 unspecified atom stereocenters. The molecule has 3 nitrogen and oxygen atoms in total. The van der Waals surface area contributed by atoms with Crippen LogP contribution in [0.5, 0.6) is 0 Å². The second-order valence-corrected chi connectivity index (χ2v) is 5.88. The van der Waals surface area contributed by atoms with Crippen LogP contribution < -0.4 is 4.90 Å². The largest absolute Gasteiger partial charge is 0.359 e. The third-order valence-corrected chi connectivity index (χ3v) is 3.78. The number of halogens is 1. The second kappa shape index (κ2) is 5.34. The van der Waals surface area contributed by atoms with E-state index in [-0.39, 0.29) is 0 Å². The van der Waals surface area contributed by atoms with E-state index in [0.717, 1.165) is 47.5 Å². The zero-order valence-electron chi connectivity index (χ0n) is 10.8. The first-order valence-corrected chi connectivity index (χ1v) is 7.14. The predicted octanol–water partition coefficient (Wildman–Crippen LogP) is 3.28. The summed E-state index contributed by atoms with van der Waals surface area (Å²) >= 11 is 3.47. The Balaban J connectivity index is 2.07. The maximum Gasteiger partial charge on any atom is 0.133 e. The third kappa shape index (κ3) is 3.41. The zero-order chi connectivity index (χ0) is 12.4. The minimum atomic E-state index is 0.850. The summed E-state index contributed by atoms with van der Waals surface area (Å²) in [7, 11) is 2.12. The molecule has 0 saturated heterocycles. The van der Waals surface area contributed by atoms with Gasteiger partial charge in [0.2, 0.25) is 0 Å². The number of aryl methyl sites for hydroxylation is 1. The van der Waals surface area contributed by atoms with Gasteiger partial charge in [0.1, 0.15) is 16.2 Å². The number of rotatable bonds is 5. The number of hydrogen-bond acceptors (Lipinski definition) is 3. The van der Waals surface area contributed by atoms with E-state index in [0.29, 0.717) is 0 Å². The van der Waals surface area contributed by atoms with Gasteiger partial charge < -0.3 is 4.90 Å². The van der Waals surface area contributed by atoms with Crippen LogP contribution in [0.2, 0.25) is 0 Å². The fourth-order valence-corrected chi connectivity index (χ4v) is 2.49. The lowest BCUT2D eigenvalue weighted by Crippen LogP contribution is -2.22. The molecule has 0 N–H and O–H groups in total. The highest BCUT2D eigenvalue weighted by atomic mass is 79.9. The molecule has 0 amide bonds. The molecule has 2 atom stereocenters. The maximum absolute atomic E-state index is 4.61. The van der Waals surface area contributed by atoms with Crippen LogP contribution >= 0.6 is 15.9 Å². The fraction of sp³-hybridized carbons (Fsp3) is 0.692. The topological polar surface area (TPSA) is 29.0 Å². The summed E-state index contributed by atoms with van der Waals surface area (Å²) in [4.78, 5) is 11.3. The number of nitrogens with zero attached hydrogens (tertiary/aromatic N) is 3. The van der Waals surface area contributed by atoms with Crippen molar-refractivity contribution in [3.05, 3.63) is 16.5 Å². The minimum Gasteiger partial charge on any atom is -0.359 e. The van der Waals surface area contributed by atoms with Crippen molar-refractivity contribution in [2.75, 3.05) is 18.5 Å². The van der Waals surface area contributed by atoms with Gasteiger partial charge in [-0.15, -0.1) is 0 Å². The standard InChI is InChI=1S/C13H20BrN3/c1-4-5-12-15-11(14)7-13(16-12)17(3)8-10-6-9(10)2/h7,9-10H,4-6,8H2,1-3H3. The van der Waals surface area contributed by atoms with Gasteiger partial charge in [0.15, 0.2) is 0 Å². The van der Waals surface area contributed by atoms with Gasteiger partial charge in [-0.1, -0.05) is 13.8 Å². The Hall–Kier alpha value is -0.640. The lowest BCUT2D eigenvalue weighted by molar-refractivity contribution is 0.713. The molecule has 1 aliphatic rings. The van der Waals surface area contributed by atoms with Crippen LogP contribution in [0.25, 0.3) is 0 Å². The summed E-state index contributed by atoms with van der Waals surface area (Å²) in [6.07, 6.45) is 3.39. The second-order valence-electron chi connectivity index (χ2n) is 5.07. The van der Waals surface area contributed by atoms with E-state index in [1.807, 2.05) is 6.07 Å². The molecule has 0 radical (unpaired) electrons. The van der Waals surface area contributed by atoms with E-state index in [1.165, 1.54) is 6.42 Å². The predicted molar refractivity (Wildman–Crippen MR) is 74.3 cm³/mol. The van der Waals surface area contributed by atoms with Crippen molar-refractivity contribution >= 4 is 21.7 Å². The molecule has 1 aliphatic carbocycles. The highest BCUT2D eigenvalue weighted by Gasteiger charge is 2.33. The van der Waals surface area contributed by atoms with Crippen molar-refractivity contribution in [3.63, 3.8) is 0 Å². The quantitative estimate of drug-likeness (QED) is 0.781. The first-order valence-electron chi connectivity index (χ1n) is 6.34. The molecule has 94 valence electrons. The number of anilines is 1. The molecule has 0 spiro atoms. The lowest BCUT2D eigenvalue weighted by Gasteiger charge is -2.18. The van der Waals surface area contributed by atoms with Gasteiger partial charge >= 0.3 is 0 Å². The van der Waals surface area contributed by atoms with E-state index in [2.05, 4.69) is 51.7 Å². The van der Waals surface area contributed by atoms with Crippen LogP contribution in [0, 0.1) is 11.8 Å². The Morgan fingerprint density at radius 3 is 2.76 bits per heavy atom. The molecule has 2 rings (SSSR count). The Morgan fingerprint density at radius 1 is 1.47 bits per heavy atom. The Bertz CT molecular complexity index is 394. The average molecular weight is 298 g/mol. The van der Waals surface area contributed by atoms with Crippen molar-refractivity contribution in [1.29, 1.82) is 0 Å².